The third kappa shape index (κ3) is 5.10. The van der Waals surface area contributed by atoms with Crippen LogP contribution in [0.25, 0.3) is 4.47 Å². The van der Waals surface area contributed by atoms with Crippen LogP contribution in [0.4, 0.5) is 0 Å². The van der Waals surface area contributed by atoms with E-state index in [4.69, 9.17) is 4.74 Å². The van der Waals surface area contributed by atoms with Crippen LogP contribution in [-0.4, -0.2) is 30.5 Å². The molecular weight excluding hydrogens is 423 g/mol. The number of sulfone groups is 1. The van der Waals surface area contributed by atoms with Gasteiger partial charge in [0.15, 0.2) is 0 Å². The number of benzene rings is 3. The van der Waals surface area contributed by atoms with Crippen molar-refractivity contribution in [3.63, 3.8) is 0 Å². The second-order valence-corrected chi connectivity index (χ2v) is 10.1. The molecule has 27 heavy (non-hydrogen) atoms. The Morgan fingerprint density at radius 2 is 1.63 bits per heavy atom. The van der Waals surface area contributed by atoms with Crippen LogP contribution in [0.3, 0.4) is 0 Å². The van der Waals surface area contributed by atoms with E-state index in [2.05, 4.69) is 0 Å². The monoisotopic (exact) mass is 444 g/mol. The molecular formula is C22H20O3SSe. The Balaban J connectivity index is 2.07. The summed E-state index contributed by atoms with van der Waals surface area (Å²) < 4.78 is 33.2. The van der Waals surface area contributed by atoms with E-state index in [0.717, 1.165) is 20.1 Å². The molecule has 3 rings (SSSR count). The summed E-state index contributed by atoms with van der Waals surface area (Å²) in [4.78, 5) is 0.303. The molecule has 0 aliphatic heterocycles. The molecule has 0 fully saturated rings. The fraction of sp³-hybridized carbons (Fsp3) is 0.0909. The van der Waals surface area contributed by atoms with Gasteiger partial charge in [0.2, 0.25) is 0 Å². The van der Waals surface area contributed by atoms with Crippen molar-refractivity contribution in [3.05, 3.63) is 95.4 Å². The van der Waals surface area contributed by atoms with Crippen molar-refractivity contribution < 1.29 is 13.2 Å². The summed E-state index contributed by atoms with van der Waals surface area (Å²) in [6.45, 7) is 1.94. The van der Waals surface area contributed by atoms with Crippen molar-refractivity contribution in [2.24, 2.45) is 0 Å². The van der Waals surface area contributed by atoms with Crippen LogP contribution >= 0.6 is 0 Å². The summed E-state index contributed by atoms with van der Waals surface area (Å²) in [5, 5.41) is 1.40. The minimum atomic E-state index is -3.55. The Morgan fingerprint density at radius 3 is 2.30 bits per heavy atom. The number of hydrogen-bond acceptors (Lipinski definition) is 3. The molecule has 0 unspecified atom stereocenters. The third-order valence-electron chi connectivity index (χ3n) is 3.94. The van der Waals surface area contributed by atoms with Crippen molar-refractivity contribution in [1.29, 1.82) is 0 Å². The molecule has 0 atom stereocenters. The van der Waals surface area contributed by atoms with Gasteiger partial charge in [-0.3, -0.25) is 0 Å². The van der Waals surface area contributed by atoms with Gasteiger partial charge in [-0.25, -0.2) is 0 Å². The first-order chi connectivity index (χ1) is 13.0. The summed E-state index contributed by atoms with van der Waals surface area (Å²) in [6, 6.07) is 24.4. The zero-order valence-electron chi connectivity index (χ0n) is 15.1. The van der Waals surface area contributed by atoms with E-state index < -0.39 is 9.84 Å². The van der Waals surface area contributed by atoms with Crippen molar-refractivity contribution in [1.82, 2.24) is 0 Å². The average Bonchev–Trinajstić information content (AvgIpc) is 2.68. The normalized spacial score (nSPS) is 12.0. The van der Waals surface area contributed by atoms with Crippen LogP contribution in [-0.2, 0) is 9.84 Å². The van der Waals surface area contributed by atoms with Crippen LogP contribution in [0.1, 0.15) is 11.1 Å². The maximum absolute atomic E-state index is 13.0. The fourth-order valence-corrected chi connectivity index (χ4v) is 6.36. The molecule has 0 saturated carbocycles. The predicted molar refractivity (Wildman–Crippen MR) is 111 cm³/mol. The second kappa shape index (κ2) is 8.57. The molecule has 0 saturated heterocycles. The molecule has 3 aromatic rings. The van der Waals surface area contributed by atoms with E-state index in [0.29, 0.717) is 10.6 Å². The molecule has 0 amide bonds. The van der Waals surface area contributed by atoms with Crippen molar-refractivity contribution in [2.45, 2.75) is 11.8 Å². The Kier molecular flexibility index (Phi) is 6.17. The van der Waals surface area contributed by atoms with Crippen LogP contribution < -0.4 is 9.20 Å². The second-order valence-electron chi connectivity index (χ2n) is 5.99. The first kappa shape index (κ1) is 19.4. The van der Waals surface area contributed by atoms with Crippen molar-refractivity contribution in [2.75, 3.05) is 7.11 Å². The van der Waals surface area contributed by atoms with E-state index in [1.165, 1.54) is 5.41 Å². The van der Waals surface area contributed by atoms with E-state index in [1.807, 2.05) is 73.7 Å². The van der Waals surface area contributed by atoms with Gasteiger partial charge in [-0.15, -0.1) is 0 Å². The Bertz CT molecular complexity index is 1040. The van der Waals surface area contributed by atoms with Gasteiger partial charge in [0.1, 0.15) is 0 Å². The Labute approximate surface area is 166 Å². The van der Waals surface area contributed by atoms with E-state index >= 15 is 0 Å². The molecule has 0 heterocycles. The summed E-state index contributed by atoms with van der Waals surface area (Å²) >= 11 is -0.161. The molecule has 0 aliphatic carbocycles. The molecule has 0 N–H and O–H groups in total. The SMILES string of the molecule is COc1cccc(/C(=C\S(=O)(=O)c2ccc(C)cc2)[Se]c2ccccc2)c1. The summed E-state index contributed by atoms with van der Waals surface area (Å²) in [5.74, 6) is 0.704. The molecule has 0 aliphatic rings. The Hall–Kier alpha value is -2.33. The standard InChI is InChI=1S/C22H20O3SSe/c1-17-11-13-20(14-12-17)26(23,24)16-22(27-21-9-4-3-5-10-21)18-7-6-8-19(15-18)25-2/h3-16H,1-2H3/b22-16+. The molecule has 0 spiro atoms. The first-order valence-corrected chi connectivity index (χ1v) is 11.6. The van der Waals surface area contributed by atoms with Crippen molar-refractivity contribution >= 4 is 33.7 Å². The number of methoxy groups -OCH3 is 1. The van der Waals surface area contributed by atoms with E-state index in [9.17, 15) is 8.42 Å². The first-order valence-electron chi connectivity index (χ1n) is 8.39. The Morgan fingerprint density at radius 1 is 0.926 bits per heavy atom. The minimum absolute atomic E-state index is 0.161. The predicted octanol–water partition coefficient (Wildman–Crippen LogP) is 3.81. The summed E-state index contributed by atoms with van der Waals surface area (Å²) in [7, 11) is -1.95. The van der Waals surface area contributed by atoms with Gasteiger partial charge in [-0.05, 0) is 0 Å². The number of ether oxygens (including phenoxy) is 1. The van der Waals surface area contributed by atoms with Gasteiger partial charge in [0, 0.05) is 0 Å². The number of aryl methyl sites for hydroxylation is 1. The molecule has 0 radical (unpaired) electrons. The van der Waals surface area contributed by atoms with Crippen molar-refractivity contribution in [3.8, 4) is 5.75 Å². The zero-order chi connectivity index (χ0) is 19.3. The van der Waals surface area contributed by atoms with Gasteiger partial charge in [0.25, 0.3) is 0 Å². The van der Waals surface area contributed by atoms with Gasteiger partial charge >= 0.3 is 167 Å². The molecule has 138 valence electrons. The quantitative estimate of drug-likeness (QED) is 0.545. The molecule has 3 aromatic carbocycles. The molecule has 3 nitrogen and oxygen atoms in total. The van der Waals surface area contributed by atoms with Gasteiger partial charge in [-0.2, -0.15) is 0 Å². The van der Waals surface area contributed by atoms with E-state index in [1.54, 1.807) is 19.2 Å². The summed E-state index contributed by atoms with van der Waals surface area (Å²) in [5.41, 5.74) is 1.88. The van der Waals surface area contributed by atoms with Crippen LogP contribution in [0.2, 0.25) is 0 Å². The van der Waals surface area contributed by atoms with Crippen LogP contribution in [0.5, 0.6) is 5.75 Å². The maximum atomic E-state index is 13.0. The van der Waals surface area contributed by atoms with Crippen LogP contribution in [0.15, 0.2) is 89.2 Å². The number of rotatable bonds is 6. The van der Waals surface area contributed by atoms with Crippen LogP contribution in [0, 0.1) is 6.92 Å². The molecule has 5 heteroatoms. The number of hydrogen-bond donors (Lipinski definition) is 0. The third-order valence-corrected chi connectivity index (χ3v) is 8.02. The summed E-state index contributed by atoms with van der Waals surface area (Å²) in [6.07, 6.45) is 0. The van der Waals surface area contributed by atoms with Gasteiger partial charge in [-0.1, -0.05) is 0 Å². The average molecular weight is 443 g/mol. The fourth-order valence-electron chi connectivity index (χ4n) is 2.48. The molecule has 0 aromatic heterocycles. The topological polar surface area (TPSA) is 43.4 Å². The zero-order valence-corrected chi connectivity index (χ0v) is 17.7. The van der Waals surface area contributed by atoms with Gasteiger partial charge in [0.05, 0.1) is 0 Å². The van der Waals surface area contributed by atoms with E-state index in [-0.39, 0.29) is 15.0 Å². The molecule has 0 bridgehead atoms. The van der Waals surface area contributed by atoms with Gasteiger partial charge < -0.3 is 0 Å².